The van der Waals surface area contributed by atoms with Crippen molar-refractivity contribution in [2.24, 2.45) is 0 Å². The number of nitro groups is 1. The fraction of sp³-hybridized carbons (Fsp3) is 0.206. The van der Waals surface area contributed by atoms with Crippen LogP contribution in [0, 0.1) is 17.0 Å². The number of nitro benzene ring substituents is 1. The third-order valence-corrected chi connectivity index (χ3v) is 8.53. The topological polar surface area (TPSA) is 117 Å². The zero-order chi connectivity index (χ0) is 32.2. The Labute approximate surface area is 268 Å². The number of para-hydroxylation sites is 1. The van der Waals surface area contributed by atoms with Gasteiger partial charge in [0, 0.05) is 35.9 Å². The summed E-state index contributed by atoms with van der Waals surface area (Å²) in [6.45, 7) is 3.67. The first-order valence-corrected chi connectivity index (χ1v) is 15.0. The Bertz CT molecular complexity index is 1960. The van der Waals surface area contributed by atoms with Crippen molar-refractivity contribution in [2.45, 2.75) is 26.3 Å². The van der Waals surface area contributed by atoms with Crippen molar-refractivity contribution >= 4 is 38.4 Å². The number of amides is 1. The van der Waals surface area contributed by atoms with E-state index in [2.05, 4.69) is 15.9 Å². The van der Waals surface area contributed by atoms with Crippen LogP contribution in [0.4, 0.5) is 5.69 Å². The highest BCUT2D eigenvalue weighted by Gasteiger charge is 2.30. The molecule has 45 heavy (non-hydrogen) atoms. The zero-order valence-electron chi connectivity index (χ0n) is 25.2. The van der Waals surface area contributed by atoms with E-state index in [9.17, 15) is 19.7 Å². The molecule has 1 amide bonds. The number of halogens is 1. The van der Waals surface area contributed by atoms with Crippen LogP contribution >= 0.6 is 15.9 Å². The predicted octanol–water partition coefficient (Wildman–Crippen LogP) is 6.83. The maximum atomic E-state index is 14.3. The average Bonchev–Trinajstić information content (AvgIpc) is 3.05. The maximum absolute atomic E-state index is 14.3. The molecule has 0 bridgehead atoms. The number of carbonyl (C=O) groups excluding carboxylic acids is 1. The number of aromatic nitrogens is 2. The fourth-order valence-electron chi connectivity index (χ4n) is 5.26. The van der Waals surface area contributed by atoms with Gasteiger partial charge in [0.05, 0.1) is 46.2 Å². The molecule has 0 aliphatic heterocycles. The second kappa shape index (κ2) is 13.3. The van der Waals surface area contributed by atoms with Crippen LogP contribution in [0.3, 0.4) is 0 Å². The molecule has 5 rings (SSSR count). The first kappa shape index (κ1) is 31.4. The molecule has 4 aromatic carbocycles. The Morgan fingerprint density at radius 2 is 1.73 bits per heavy atom. The molecule has 10 nitrogen and oxygen atoms in total. The Balaban J connectivity index is 1.73. The lowest BCUT2D eigenvalue weighted by atomic mass is 10.1. The minimum Gasteiger partial charge on any atom is -0.497 e. The smallest absolute Gasteiger partial charge is 0.273 e. The maximum Gasteiger partial charge on any atom is 0.273 e. The van der Waals surface area contributed by atoms with Gasteiger partial charge in [-0.3, -0.25) is 24.3 Å². The molecule has 0 aliphatic carbocycles. The summed E-state index contributed by atoms with van der Waals surface area (Å²) < 4.78 is 13.0. The van der Waals surface area contributed by atoms with E-state index < -0.39 is 16.9 Å². The summed E-state index contributed by atoms with van der Waals surface area (Å²) in [5, 5.41) is 12.1. The van der Waals surface area contributed by atoms with E-state index in [1.165, 1.54) is 24.9 Å². The van der Waals surface area contributed by atoms with Gasteiger partial charge in [0.2, 0.25) is 0 Å². The average molecular weight is 672 g/mol. The van der Waals surface area contributed by atoms with Crippen LogP contribution in [-0.4, -0.2) is 46.0 Å². The van der Waals surface area contributed by atoms with Gasteiger partial charge in [0.1, 0.15) is 17.3 Å². The molecule has 1 aromatic heterocycles. The van der Waals surface area contributed by atoms with E-state index in [0.717, 1.165) is 5.56 Å². The van der Waals surface area contributed by atoms with Crippen LogP contribution in [0.5, 0.6) is 11.5 Å². The van der Waals surface area contributed by atoms with Crippen molar-refractivity contribution in [3.63, 3.8) is 0 Å². The number of aryl methyl sites for hydroxylation is 1. The lowest BCUT2D eigenvalue weighted by Crippen LogP contribution is -2.39. The van der Waals surface area contributed by atoms with Crippen molar-refractivity contribution in [2.75, 3.05) is 20.8 Å². The lowest BCUT2D eigenvalue weighted by Gasteiger charge is -2.31. The Morgan fingerprint density at radius 1 is 1.02 bits per heavy atom. The lowest BCUT2D eigenvalue weighted by molar-refractivity contribution is -0.385. The highest BCUT2D eigenvalue weighted by atomic mass is 79.9. The monoisotopic (exact) mass is 670 g/mol. The van der Waals surface area contributed by atoms with E-state index in [4.69, 9.17) is 14.5 Å². The predicted molar refractivity (Wildman–Crippen MR) is 176 cm³/mol. The summed E-state index contributed by atoms with van der Waals surface area (Å²) in [5.74, 6) is 0.746. The number of rotatable bonds is 10. The molecular formula is C34H31BrN4O6. The number of nitrogens with zero attached hydrogens (tertiary/aromatic N) is 4. The molecule has 0 radical (unpaired) electrons. The van der Waals surface area contributed by atoms with Crippen LogP contribution < -0.4 is 15.0 Å². The number of fused-ring (bicyclic) bond motifs is 1. The minimum atomic E-state index is -0.761. The van der Waals surface area contributed by atoms with E-state index in [-0.39, 0.29) is 29.2 Å². The van der Waals surface area contributed by atoms with Crippen LogP contribution in [0.25, 0.3) is 16.6 Å². The third kappa shape index (κ3) is 6.30. The Hall–Kier alpha value is -5.03. The zero-order valence-corrected chi connectivity index (χ0v) is 26.8. The summed E-state index contributed by atoms with van der Waals surface area (Å²) in [4.78, 5) is 46.3. The van der Waals surface area contributed by atoms with E-state index in [1.54, 1.807) is 67.3 Å². The van der Waals surface area contributed by atoms with E-state index in [1.807, 2.05) is 30.3 Å². The number of hydrogen-bond acceptors (Lipinski definition) is 7. The SMILES string of the molecule is COc1cc(OC)c(Br)c(-n2c(C(C)N(CCc3ccccc3)C(=O)c3ccc(C)c([N+](=O)[O-])c3)nc3ccccc3c2=O)c1. The number of methoxy groups -OCH3 is 2. The van der Waals surface area contributed by atoms with Gasteiger partial charge in [-0.25, -0.2) is 4.98 Å². The number of ether oxygens (including phenoxy) is 2. The molecule has 0 N–H and O–H groups in total. The van der Waals surface area contributed by atoms with E-state index in [0.29, 0.717) is 44.5 Å². The molecule has 0 aliphatic rings. The fourth-order valence-corrected chi connectivity index (χ4v) is 5.83. The first-order chi connectivity index (χ1) is 21.6. The summed E-state index contributed by atoms with van der Waals surface area (Å²) in [7, 11) is 3.03. The largest absolute Gasteiger partial charge is 0.497 e. The van der Waals surface area contributed by atoms with Crippen LogP contribution in [0.2, 0.25) is 0 Å². The molecule has 11 heteroatoms. The summed E-state index contributed by atoms with van der Waals surface area (Å²) in [6, 6.07) is 23.8. The second-order valence-corrected chi connectivity index (χ2v) is 11.3. The standard InChI is InChI=1S/C34H31BrN4O6/c1-21-14-15-24(18-28(21)39(42)43)33(40)37(17-16-23-10-6-5-7-11-23)22(2)32-36-27-13-9-8-12-26(27)34(41)38(32)29-19-25(44-3)20-30(45-4)31(29)35/h5-15,18-20,22H,16-17H2,1-4H3. The van der Waals surface area contributed by atoms with Crippen molar-refractivity contribution in [3.8, 4) is 17.2 Å². The molecule has 230 valence electrons. The van der Waals surface area contributed by atoms with Gasteiger partial charge >= 0.3 is 0 Å². The Kier molecular flexibility index (Phi) is 9.29. The summed E-state index contributed by atoms with van der Waals surface area (Å²) >= 11 is 3.60. The van der Waals surface area contributed by atoms with Gasteiger partial charge in [0.15, 0.2) is 0 Å². The number of benzene rings is 4. The molecule has 1 unspecified atom stereocenters. The molecule has 1 heterocycles. The second-order valence-electron chi connectivity index (χ2n) is 10.5. The van der Waals surface area contributed by atoms with Gasteiger partial charge in [-0.1, -0.05) is 48.5 Å². The van der Waals surface area contributed by atoms with Crippen LogP contribution in [-0.2, 0) is 6.42 Å². The molecule has 0 fully saturated rings. The first-order valence-electron chi connectivity index (χ1n) is 14.2. The normalized spacial score (nSPS) is 11.7. The van der Waals surface area contributed by atoms with Gasteiger partial charge < -0.3 is 14.4 Å². The van der Waals surface area contributed by atoms with Crippen molar-refractivity contribution < 1.29 is 19.2 Å². The molecular weight excluding hydrogens is 640 g/mol. The van der Waals surface area contributed by atoms with E-state index >= 15 is 0 Å². The quantitative estimate of drug-likeness (QED) is 0.118. The highest BCUT2D eigenvalue weighted by Crippen LogP contribution is 2.37. The molecule has 0 saturated carbocycles. The Morgan fingerprint density at radius 3 is 2.42 bits per heavy atom. The highest BCUT2D eigenvalue weighted by molar-refractivity contribution is 9.10. The molecule has 0 spiro atoms. The summed E-state index contributed by atoms with van der Waals surface area (Å²) in [5.41, 5.74) is 1.99. The van der Waals surface area contributed by atoms with Gasteiger partial charge in [-0.2, -0.15) is 0 Å². The van der Waals surface area contributed by atoms with Gasteiger partial charge in [-0.05, 0) is 60.0 Å². The summed E-state index contributed by atoms with van der Waals surface area (Å²) in [6.07, 6.45) is 0.499. The minimum absolute atomic E-state index is 0.148. The molecule has 1 atom stereocenters. The molecule has 0 saturated heterocycles. The number of carbonyl (C=O) groups is 1. The van der Waals surface area contributed by atoms with Crippen LogP contribution in [0.1, 0.15) is 40.3 Å². The van der Waals surface area contributed by atoms with Crippen molar-refractivity contribution in [1.82, 2.24) is 14.5 Å². The van der Waals surface area contributed by atoms with Gasteiger partial charge in [-0.15, -0.1) is 0 Å². The molecule has 5 aromatic rings. The van der Waals surface area contributed by atoms with Crippen molar-refractivity contribution in [1.29, 1.82) is 0 Å². The van der Waals surface area contributed by atoms with Crippen molar-refractivity contribution in [3.05, 3.63) is 132 Å². The third-order valence-electron chi connectivity index (χ3n) is 7.73. The van der Waals surface area contributed by atoms with Gasteiger partial charge in [0.25, 0.3) is 17.2 Å². The number of hydrogen-bond donors (Lipinski definition) is 0. The van der Waals surface area contributed by atoms with Crippen LogP contribution in [0.15, 0.2) is 94.2 Å².